The van der Waals surface area contributed by atoms with Crippen molar-refractivity contribution < 1.29 is 9.90 Å². The van der Waals surface area contributed by atoms with Crippen LogP contribution in [-0.2, 0) is 4.79 Å². The summed E-state index contributed by atoms with van der Waals surface area (Å²) in [6.07, 6.45) is 3.92. The molecule has 0 aromatic carbocycles. The summed E-state index contributed by atoms with van der Waals surface area (Å²) in [6.45, 7) is 1.90. The van der Waals surface area contributed by atoms with Crippen LogP contribution in [0.25, 0.3) is 0 Å². The molecule has 1 fully saturated rings. The normalized spacial score (nSPS) is 25.7. The predicted octanol–water partition coefficient (Wildman–Crippen LogP) is 2.27. The van der Waals surface area contributed by atoms with Gasteiger partial charge in [0.05, 0.1) is 18.2 Å². The first-order chi connectivity index (χ1) is 7.09. The van der Waals surface area contributed by atoms with Gasteiger partial charge in [-0.25, -0.2) is 0 Å². The minimum absolute atomic E-state index is 0.146. The highest BCUT2D eigenvalue weighted by atomic mass is 35.5. The van der Waals surface area contributed by atoms with Crippen LogP contribution in [0.3, 0.4) is 0 Å². The second-order valence-electron chi connectivity index (χ2n) is 4.06. The van der Waals surface area contributed by atoms with Gasteiger partial charge in [0.1, 0.15) is 5.15 Å². The summed E-state index contributed by atoms with van der Waals surface area (Å²) in [7, 11) is 0. The molecule has 2 rings (SSSR count). The molecule has 82 valence electrons. The average Bonchev–Trinajstić information content (AvgIpc) is 2.76. The van der Waals surface area contributed by atoms with E-state index in [9.17, 15) is 4.79 Å². The first-order valence-corrected chi connectivity index (χ1v) is 5.40. The van der Waals surface area contributed by atoms with Crippen molar-refractivity contribution in [2.45, 2.75) is 32.2 Å². The number of nitrogens with zero attached hydrogens (tertiary/aromatic N) is 2. The van der Waals surface area contributed by atoms with Crippen molar-refractivity contribution in [3.05, 3.63) is 16.9 Å². The number of halogens is 1. The maximum atomic E-state index is 10.8. The summed E-state index contributed by atoms with van der Waals surface area (Å²) in [5.41, 5.74) is 0.940. The molecular formula is C10H13ClN2O2. The van der Waals surface area contributed by atoms with Gasteiger partial charge in [-0.1, -0.05) is 11.6 Å². The molecule has 1 saturated carbocycles. The molecule has 5 heteroatoms. The van der Waals surface area contributed by atoms with E-state index in [4.69, 9.17) is 16.7 Å². The van der Waals surface area contributed by atoms with E-state index in [0.29, 0.717) is 11.6 Å². The third-order valence-corrected chi connectivity index (χ3v) is 3.47. The topological polar surface area (TPSA) is 55.1 Å². The van der Waals surface area contributed by atoms with E-state index in [1.807, 2.05) is 6.92 Å². The van der Waals surface area contributed by atoms with Gasteiger partial charge in [0.15, 0.2) is 0 Å². The van der Waals surface area contributed by atoms with Crippen molar-refractivity contribution >= 4 is 17.6 Å². The summed E-state index contributed by atoms with van der Waals surface area (Å²) in [5, 5.41) is 13.7. The number of hydrogen-bond donors (Lipinski definition) is 1. The molecule has 1 aromatic heterocycles. The highest BCUT2D eigenvalue weighted by molar-refractivity contribution is 6.30. The van der Waals surface area contributed by atoms with Crippen molar-refractivity contribution in [3.63, 3.8) is 0 Å². The van der Waals surface area contributed by atoms with Crippen LogP contribution in [0.4, 0.5) is 0 Å². The Morgan fingerprint density at radius 1 is 1.67 bits per heavy atom. The molecule has 4 nitrogen and oxygen atoms in total. The van der Waals surface area contributed by atoms with Crippen molar-refractivity contribution in [1.82, 2.24) is 9.78 Å². The first-order valence-electron chi connectivity index (χ1n) is 5.02. The molecule has 0 aliphatic heterocycles. The fraction of sp³-hybridized carbons (Fsp3) is 0.600. The molecule has 1 aromatic rings. The summed E-state index contributed by atoms with van der Waals surface area (Å²) in [5.74, 6) is -0.951. The molecule has 0 saturated heterocycles. The minimum Gasteiger partial charge on any atom is -0.481 e. The number of aromatic nitrogens is 2. The Balaban J connectivity index is 2.14. The van der Waals surface area contributed by atoms with E-state index in [0.717, 1.165) is 18.4 Å². The van der Waals surface area contributed by atoms with Gasteiger partial charge in [-0.05, 0) is 26.2 Å². The van der Waals surface area contributed by atoms with E-state index >= 15 is 0 Å². The number of aliphatic carboxylic acids is 1. The van der Waals surface area contributed by atoms with Crippen LogP contribution in [-0.4, -0.2) is 20.9 Å². The Kier molecular flexibility index (Phi) is 2.69. The third-order valence-electron chi connectivity index (χ3n) is 3.00. The van der Waals surface area contributed by atoms with Gasteiger partial charge in [0, 0.05) is 5.56 Å². The fourth-order valence-corrected chi connectivity index (χ4v) is 2.32. The summed E-state index contributed by atoms with van der Waals surface area (Å²) < 4.78 is 1.75. The van der Waals surface area contributed by atoms with Gasteiger partial charge < -0.3 is 5.11 Å². The van der Waals surface area contributed by atoms with Gasteiger partial charge in [0.25, 0.3) is 0 Å². The second-order valence-corrected chi connectivity index (χ2v) is 4.42. The number of carboxylic acids is 1. The second kappa shape index (κ2) is 3.85. The van der Waals surface area contributed by atoms with Crippen molar-refractivity contribution in [2.75, 3.05) is 0 Å². The molecule has 2 atom stereocenters. The van der Waals surface area contributed by atoms with Gasteiger partial charge in [-0.15, -0.1) is 0 Å². The predicted molar refractivity (Wildman–Crippen MR) is 56.0 cm³/mol. The Morgan fingerprint density at radius 3 is 2.87 bits per heavy atom. The van der Waals surface area contributed by atoms with Crippen LogP contribution in [0, 0.1) is 12.8 Å². The van der Waals surface area contributed by atoms with Crippen LogP contribution in [0.1, 0.15) is 30.9 Å². The summed E-state index contributed by atoms with van der Waals surface area (Å²) in [4.78, 5) is 10.8. The molecule has 2 unspecified atom stereocenters. The maximum absolute atomic E-state index is 10.8. The van der Waals surface area contributed by atoms with Crippen molar-refractivity contribution in [1.29, 1.82) is 0 Å². The Morgan fingerprint density at radius 2 is 2.40 bits per heavy atom. The molecule has 1 heterocycles. The van der Waals surface area contributed by atoms with E-state index in [2.05, 4.69) is 5.10 Å². The first kappa shape index (κ1) is 10.5. The zero-order valence-electron chi connectivity index (χ0n) is 8.48. The minimum atomic E-state index is -0.711. The highest BCUT2D eigenvalue weighted by Gasteiger charge is 2.32. The van der Waals surface area contributed by atoms with E-state index < -0.39 is 5.97 Å². The van der Waals surface area contributed by atoms with Crippen molar-refractivity contribution in [2.24, 2.45) is 5.92 Å². The maximum Gasteiger partial charge on any atom is 0.306 e. The monoisotopic (exact) mass is 228 g/mol. The smallest absolute Gasteiger partial charge is 0.306 e. The number of carboxylic acid groups (broad SMARTS) is 1. The SMILES string of the molecule is Cc1cnn(C2CCC(C(=O)O)C2)c1Cl. The Bertz CT molecular complexity index is 389. The fourth-order valence-electron chi connectivity index (χ4n) is 2.09. The van der Waals surface area contributed by atoms with Gasteiger partial charge in [0.2, 0.25) is 0 Å². The highest BCUT2D eigenvalue weighted by Crippen LogP contribution is 2.36. The van der Waals surface area contributed by atoms with Gasteiger partial charge >= 0.3 is 5.97 Å². The molecule has 1 N–H and O–H groups in total. The summed E-state index contributed by atoms with van der Waals surface area (Å²) in [6, 6.07) is 0.146. The zero-order valence-corrected chi connectivity index (χ0v) is 9.24. The van der Waals surface area contributed by atoms with Crippen LogP contribution in [0.15, 0.2) is 6.20 Å². The lowest BCUT2D eigenvalue weighted by Crippen LogP contribution is -2.12. The molecule has 1 aliphatic rings. The number of hydrogen-bond acceptors (Lipinski definition) is 2. The molecule has 0 radical (unpaired) electrons. The Labute approximate surface area is 92.8 Å². The third kappa shape index (κ3) is 1.86. The molecular weight excluding hydrogens is 216 g/mol. The molecule has 0 spiro atoms. The average molecular weight is 229 g/mol. The molecule has 0 bridgehead atoms. The lowest BCUT2D eigenvalue weighted by molar-refractivity contribution is -0.141. The number of rotatable bonds is 2. The quantitative estimate of drug-likeness (QED) is 0.845. The van der Waals surface area contributed by atoms with Crippen LogP contribution in [0.2, 0.25) is 5.15 Å². The van der Waals surface area contributed by atoms with Crippen LogP contribution >= 0.6 is 11.6 Å². The molecule has 15 heavy (non-hydrogen) atoms. The number of carbonyl (C=O) groups is 1. The van der Waals surface area contributed by atoms with Gasteiger partial charge in [-0.3, -0.25) is 9.48 Å². The van der Waals surface area contributed by atoms with E-state index in [-0.39, 0.29) is 12.0 Å². The summed E-state index contributed by atoms with van der Waals surface area (Å²) >= 11 is 6.07. The molecule has 0 amide bonds. The lowest BCUT2D eigenvalue weighted by Gasteiger charge is -2.11. The van der Waals surface area contributed by atoms with E-state index in [1.54, 1.807) is 10.9 Å². The van der Waals surface area contributed by atoms with Crippen LogP contribution in [0.5, 0.6) is 0 Å². The van der Waals surface area contributed by atoms with Gasteiger partial charge in [-0.2, -0.15) is 5.10 Å². The number of aryl methyl sites for hydroxylation is 1. The van der Waals surface area contributed by atoms with E-state index in [1.165, 1.54) is 0 Å². The standard InChI is InChI=1S/C10H13ClN2O2/c1-6-5-12-13(9(6)11)8-3-2-7(4-8)10(14)15/h5,7-8H,2-4H2,1H3,(H,14,15). The largest absolute Gasteiger partial charge is 0.481 e. The zero-order chi connectivity index (χ0) is 11.0. The molecule has 1 aliphatic carbocycles. The Hall–Kier alpha value is -1.03. The van der Waals surface area contributed by atoms with Crippen LogP contribution < -0.4 is 0 Å². The van der Waals surface area contributed by atoms with Crippen molar-refractivity contribution in [3.8, 4) is 0 Å². The lowest BCUT2D eigenvalue weighted by atomic mass is 10.1.